The Morgan fingerprint density at radius 3 is 2.61 bits per heavy atom. The molecular weight excluding hydrogens is 395 g/mol. The highest BCUT2D eigenvalue weighted by molar-refractivity contribution is 6.42. The second kappa shape index (κ2) is 7.66. The van der Waals surface area contributed by atoms with Crippen LogP contribution in [0.5, 0.6) is 0 Å². The smallest absolute Gasteiger partial charge is 0.231 e. The van der Waals surface area contributed by atoms with Gasteiger partial charge in [0, 0.05) is 11.3 Å². The molecule has 4 nitrogen and oxygen atoms in total. The minimum absolute atomic E-state index is 0.185. The molecule has 1 N–H and O–H groups in total. The summed E-state index contributed by atoms with van der Waals surface area (Å²) in [5.41, 5.74) is 3.54. The van der Waals surface area contributed by atoms with Crippen molar-refractivity contribution < 1.29 is 9.21 Å². The van der Waals surface area contributed by atoms with Gasteiger partial charge in [-0.15, -0.1) is 0 Å². The van der Waals surface area contributed by atoms with E-state index >= 15 is 0 Å². The standard InChI is InChI=1S/C22H16Cl2N2O2/c1-13(16-8-5-9-17(23)20(16)24)21(27)25-15-10-11-19-18(12-15)26-22(28-19)14-6-3-2-4-7-14/h2-13H,1H3,(H,25,27). The molecule has 0 radical (unpaired) electrons. The Kier molecular flexibility index (Phi) is 5.07. The predicted molar refractivity (Wildman–Crippen MR) is 113 cm³/mol. The number of hydrogen-bond acceptors (Lipinski definition) is 3. The molecule has 6 heteroatoms. The maximum Gasteiger partial charge on any atom is 0.231 e. The number of fused-ring (bicyclic) bond motifs is 1. The third-order valence-corrected chi connectivity index (χ3v) is 5.35. The minimum atomic E-state index is -0.459. The average molecular weight is 411 g/mol. The molecule has 3 aromatic carbocycles. The zero-order chi connectivity index (χ0) is 19.7. The van der Waals surface area contributed by atoms with Crippen molar-refractivity contribution in [2.75, 3.05) is 5.32 Å². The number of benzene rings is 3. The van der Waals surface area contributed by atoms with E-state index in [0.29, 0.717) is 38.3 Å². The molecule has 0 saturated heterocycles. The fourth-order valence-corrected chi connectivity index (χ4v) is 3.43. The third kappa shape index (κ3) is 3.61. The van der Waals surface area contributed by atoms with E-state index in [1.54, 1.807) is 43.3 Å². The number of nitrogens with zero attached hydrogens (tertiary/aromatic N) is 1. The summed E-state index contributed by atoms with van der Waals surface area (Å²) < 4.78 is 5.80. The SMILES string of the molecule is CC(C(=O)Nc1ccc2oc(-c3ccccc3)nc2c1)c1cccc(Cl)c1Cl. The average Bonchev–Trinajstić information content (AvgIpc) is 3.13. The molecule has 0 aliphatic rings. The van der Waals surface area contributed by atoms with Gasteiger partial charge < -0.3 is 9.73 Å². The molecule has 4 aromatic rings. The van der Waals surface area contributed by atoms with Gasteiger partial charge in [0.05, 0.1) is 16.0 Å². The molecular formula is C22H16Cl2N2O2. The Balaban J connectivity index is 1.57. The first-order valence-corrected chi connectivity index (χ1v) is 9.49. The summed E-state index contributed by atoms with van der Waals surface area (Å²) in [7, 11) is 0. The molecule has 140 valence electrons. The zero-order valence-electron chi connectivity index (χ0n) is 14.9. The quantitative estimate of drug-likeness (QED) is 0.415. The van der Waals surface area contributed by atoms with Gasteiger partial charge in [-0.1, -0.05) is 53.5 Å². The maximum absolute atomic E-state index is 12.7. The van der Waals surface area contributed by atoms with Crippen LogP contribution in [0.25, 0.3) is 22.6 Å². The fourth-order valence-electron chi connectivity index (χ4n) is 2.96. The molecule has 0 fully saturated rings. The van der Waals surface area contributed by atoms with Gasteiger partial charge >= 0.3 is 0 Å². The van der Waals surface area contributed by atoms with Crippen molar-refractivity contribution in [3.8, 4) is 11.5 Å². The number of aromatic nitrogens is 1. The van der Waals surface area contributed by atoms with Gasteiger partial charge in [-0.25, -0.2) is 4.98 Å². The van der Waals surface area contributed by atoms with E-state index in [9.17, 15) is 4.79 Å². The summed E-state index contributed by atoms with van der Waals surface area (Å²) in [5.74, 6) is -0.104. The molecule has 4 rings (SSSR count). The van der Waals surface area contributed by atoms with Gasteiger partial charge in [0.25, 0.3) is 0 Å². The summed E-state index contributed by atoms with van der Waals surface area (Å²) in [6.07, 6.45) is 0. The van der Waals surface area contributed by atoms with Crippen molar-refractivity contribution >= 4 is 45.9 Å². The van der Waals surface area contributed by atoms with Crippen molar-refractivity contribution in [1.29, 1.82) is 0 Å². The van der Waals surface area contributed by atoms with Gasteiger partial charge in [0.2, 0.25) is 11.8 Å². The van der Waals surface area contributed by atoms with Crippen LogP contribution in [-0.4, -0.2) is 10.9 Å². The first-order chi connectivity index (χ1) is 13.5. The van der Waals surface area contributed by atoms with E-state index < -0.39 is 5.92 Å². The van der Waals surface area contributed by atoms with Gasteiger partial charge in [0.15, 0.2) is 5.58 Å². The highest BCUT2D eigenvalue weighted by atomic mass is 35.5. The van der Waals surface area contributed by atoms with Crippen LogP contribution in [-0.2, 0) is 4.79 Å². The van der Waals surface area contributed by atoms with Crippen molar-refractivity contribution in [2.24, 2.45) is 0 Å². The Bertz CT molecular complexity index is 1160. The summed E-state index contributed by atoms with van der Waals surface area (Å²) in [5, 5.41) is 3.73. The lowest BCUT2D eigenvalue weighted by molar-refractivity contribution is -0.117. The van der Waals surface area contributed by atoms with E-state index in [-0.39, 0.29) is 5.91 Å². The predicted octanol–water partition coefficient (Wildman–Crippen LogP) is 6.54. The number of halogens is 2. The summed E-state index contributed by atoms with van der Waals surface area (Å²) in [6, 6.07) is 20.3. The van der Waals surface area contributed by atoms with Crippen LogP contribution in [0.4, 0.5) is 5.69 Å². The molecule has 1 heterocycles. The highest BCUT2D eigenvalue weighted by Crippen LogP contribution is 2.32. The van der Waals surface area contributed by atoms with E-state index in [1.165, 1.54) is 0 Å². The lowest BCUT2D eigenvalue weighted by Crippen LogP contribution is -2.19. The number of anilines is 1. The van der Waals surface area contributed by atoms with Gasteiger partial charge in [-0.2, -0.15) is 0 Å². The van der Waals surface area contributed by atoms with Crippen LogP contribution in [0, 0.1) is 0 Å². The Hall–Kier alpha value is -2.82. The minimum Gasteiger partial charge on any atom is -0.436 e. The zero-order valence-corrected chi connectivity index (χ0v) is 16.5. The van der Waals surface area contributed by atoms with Crippen LogP contribution in [0.2, 0.25) is 10.0 Å². The number of rotatable bonds is 4. The summed E-state index contributed by atoms with van der Waals surface area (Å²) >= 11 is 12.3. The number of oxazole rings is 1. The topological polar surface area (TPSA) is 55.1 Å². The van der Waals surface area contributed by atoms with Crippen molar-refractivity contribution in [1.82, 2.24) is 4.98 Å². The van der Waals surface area contributed by atoms with Gasteiger partial charge in [-0.05, 0) is 48.9 Å². The first kappa shape index (κ1) is 18.5. The number of amides is 1. The van der Waals surface area contributed by atoms with Crippen LogP contribution < -0.4 is 5.32 Å². The molecule has 0 saturated carbocycles. The number of carbonyl (C=O) groups is 1. The Morgan fingerprint density at radius 1 is 1.04 bits per heavy atom. The fraction of sp³-hybridized carbons (Fsp3) is 0.0909. The van der Waals surface area contributed by atoms with Gasteiger partial charge in [0.1, 0.15) is 5.52 Å². The van der Waals surface area contributed by atoms with Crippen LogP contribution in [0.3, 0.4) is 0 Å². The maximum atomic E-state index is 12.7. The highest BCUT2D eigenvalue weighted by Gasteiger charge is 2.20. The summed E-state index contributed by atoms with van der Waals surface area (Å²) in [4.78, 5) is 17.2. The summed E-state index contributed by atoms with van der Waals surface area (Å²) in [6.45, 7) is 1.79. The molecule has 0 aliphatic heterocycles. The second-order valence-corrected chi connectivity index (χ2v) is 7.21. The molecule has 28 heavy (non-hydrogen) atoms. The van der Waals surface area contributed by atoms with E-state index in [1.807, 2.05) is 30.3 Å². The number of nitrogens with one attached hydrogen (secondary N) is 1. The Labute approximate surface area is 172 Å². The molecule has 1 amide bonds. The molecule has 0 bridgehead atoms. The Morgan fingerprint density at radius 2 is 1.82 bits per heavy atom. The van der Waals surface area contributed by atoms with Crippen molar-refractivity contribution in [3.63, 3.8) is 0 Å². The molecule has 0 spiro atoms. The lowest BCUT2D eigenvalue weighted by Gasteiger charge is -2.14. The van der Waals surface area contributed by atoms with E-state index in [2.05, 4.69) is 10.3 Å². The second-order valence-electron chi connectivity index (χ2n) is 6.42. The van der Waals surface area contributed by atoms with Crippen LogP contribution in [0.15, 0.2) is 71.1 Å². The number of hydrogen-bond donors (Lipinski definition) is 1. The first-order valence-electron chi connectivity index (χ1n) is 8.73. The largest absolute Gasteiger partial charge is 0.436 e. The van der Waals surface area contributed by atoms with Gasteiger partial charge in [-0.3, -0.25) is 4.79 Å². The molecule has 1 unspecified atom stereocenters. The lowest BCUT2D eigenvalue weighted by atomic mass is 10.00. The van der Waals surface area contributed by atoms with Crippen molar-refractivity contribution in [2.45, 2.75) is 12.8 Å². The van der Waals surface area contributed by atoms with Crippen LogP contribution in [0.1, 0.15) is 18.4 Å². The van der Waals surface area contributed by atoms with Crippen molar-refractivity contribution in [3.05, 3.63) is 82.3 Å². The van der Waals surface area contributed by atoms with E-state index in [4.69, 9.17) is 27.6 Å². The third-order valence-electron chi connectivity index (χ3n) is 4.52. The molecule has 1 atom stereocenters. The molecule has 1 aromatic heterocycles. The monoisotopic (exact) mass is 410 g/mol. The van der Waals surface area contributed by atoms with Crippen LogP contribution >= 0.6 is 23.2 Å². The normalized spacial score (nSPS) is 12.1. The number of carbonyl (C=O) groups excluding carboxylic acids is 1. The molecule has 0 aliphatic carbocycles. The van der Waals surface area contributed by atoms with E-state index in [0.717, 1.165) is 5.56 Å².